The Morgan fingerprint density at radius 3 is 2.67 bits per heavy atom. The van der Waals surface area contributed by atoms with E-state index >= 15 is 0 Å². The van der Waals surface area contributed by atoms with Crippen molar-refractivity contribution in [1.29, 1.82) is 0 Å². The van der Waals surface area contributed by atoms with Gasteiger partial charge in [0.05, 0.1) is 5.52 Å². The standard InChI is InChI=1S/C14H22N4/c1-14(2,3)8-10(9-15)13-17-12-11(18(13)4)6-5-7-16-12/h5-7,10H,8-9,15H2,1-4H3. The number of nitrogens with two attached hydrogens (primary N) is 1. The summed E-state index contributed by atoms with van der Waals surface area (Å²) in [4.78, 5) is 8.94. The molecule has 0 aromatic carbocycles. The largest absolute Gasteiger partial charge is 0.330 e. The van der Waals surface area contributed by atoms with Crippen molar-refractivity contribution in [2.45, 2.75) is 33.1 Å². The van der Waals surface area contributed by atoms with E-state index in [9.17, 15) is 0 Å². The van der Waals surface area contributed by atoms with Crippen LogP contribution < -0.4 is 5.73 Å². The van der Waals surface area contributed by atoms with E-state index in [1.807, 2.05) is 19.2 Å². The molecule has 0 saturated carbocycles. The van der Waals surface area contributed by atoms with E-state index in [-0.39, 0.29) is 11.3 Å². The lowest BCUT2D eigenvalue weighted by atomic mass is 9.84. The van der Waals surface area contributed by atoms with E-state index in [0.717, 1.165) is 23.4 Å². The second-order valence-electron chi connectivity index (χ2n) is 6.07. The summed E-state index contributed by atoms with van der Waals surface area (Å²) in [6.07, 6.45) is 2.81. The van der Waals surface area contributed by atoms with E-state index in [0.29, 0.717) is 6.54 Å². The molecule has 4 heteroatoms. The summed E-state index contributed by atoms with van der Waals surface area (Å²) in [6.45, 7) is 7.32. The lowest BCUT2D eigenvalue weighted by Gasteiger charge is -2.24. The normalized spacial score (nSPS) is 14.1. The predicted octanol–water partition coefficient (Wildman–Crippen LogP) is 2.45. The number of aryl methyl sites for hydroxylation is 1. The van der Waals surface area contributed by atoms with Gasteiger partial charge in [-0.1, -0.05) is 20.8 Å². The van der Waals surface area contributed by atoms with E-state index in [2.05, 4.69) is 35.3 Å². The molecule has 2 heterocycles. The zero-order valence-electron chi connectivity index (χ0n) is 11.6. The molecule has 18 heavy (non-hydrogen) atoms. The molecule has 0 radical (unpaired) electrons. The topological polar surface area (TPSA) is 56.7 Å². The number of nitrogens with zero attached hydrogens (tertiary/aromatic N) is 3. The summed E-state index contributed by atoms with van der Waals surface area (Å²) in [5, 5.41) is 0. The number of imidazole rings is 1. The van der Waals surface area contributed by atoms with Crippen LogP contribution in [0.5, 0.6) is 0 Å². The third kappa shape index (κ3) is 2.53. The first-order chi connectivity index (χ1) is 8.42. The van der Waals surface area contributed by atoms with Crippen LogP contribution in [0.1, 0.15) is 38.9 Å². The van der Waals surface area contributed by atoms with E-state index < -0.39 is 0 Å². The van der Waals surface area contributed by atoms with Crippen LogP contribution in [0, 0.1) is 5.41 Å². The second-order valence-corrected chi connectivity index (χ2v) is 6.07. The highest BCUT2D eigenvalue weighted by atomic mass is 15.1. The molecule has 98 valence electrons. The van der Waals surface area contributed by atoms with Crippen LogP contribution in [-0.4, -0.2) is 21.1 Å². The fourth-order valence-electron chi connectivity index (χ4n) is 2.43. The SMILES string of the molecule is Cn1c(C(CN)CC(C)(C)C)nc2ncccc21. The molecule has 0 fully saturated rings. The Labute approximate surface area is 108 Å². The Bertz CT molecular complexity index is 536. The molecule has 1 atom stereocenters. The number of fused-ring (bicyclic) bond motifs is 1. The van der Waals surface area contributed by atoms with Crippen molar-refractivity contribution in [2.75, 3.05) is 6.54 Å². The molecule has 2 aromatic rings. The van der Waals surface area contributed by atoms with Crippen LogP contribution in [0.25, 0.3) is 11.2 Å². The lowest BCUT2D eigenvalue weighted by molar-refractivity contribution is 0.333. The molecule has 0 bridgehead atoms. The first-order valence-electron chi connectivity index (χ1n) is 6.40. The van der Waals surface area contributed by atoms with Crippen LogP contribution in [0.15, 0.2) is 18.3 Å². The van der Waals surface area contributed by atoms with Gasteiger partial charge in [-0.05, 0) is 24.0 Å². The smallest absolute Gasteiger partial charge is 0.177 e. The molecule has 0 spiro atoms. The van der Waals surface area contributed by atoms with Gasteiger partial charge in [0.25, 0.3) is 0 Å². The molecule has 0 saturated heterocycles. The zero-order chi connectivity index (χ0) is 13.3. The molecule has 2 rings (SSSR count). The molecular weight excluding hydrogens is 224 g/mol. The quantitative estimate of drug-likeness (QED) is 0.905. The second kappa shape index (κ2) is 4.69. The third-order valence-electron chi connectivity index (χ3n) is 3.20. The maximum atomic E-state index is 5.93. The molecule has 0 aliphatic carbocycles. The van der Waals surface area contributed by atoms with Crippen molar-refractivity contribution in [2.24, 2.45) is 18.2 Å². The molecule has 1 unspecified atom stereocenters. The predicted molar refractivity (Wildman–Crippen MR) is 74.4 cm³/mol. The van der Waals surface area contributed by atoms with Gasteiger partial charge in [-0.25, -0.2) is 9.97 Å². The maximum Gasteiger partial charge on any atom is 0.177 e. The molecule has 2 aromatic heterocycles. The van der Waals surface area contributed by atoms with Crippen LogP contribution in [0.2, 0.25) is 0 Å². The Balaban J connectivity index is 2.42. The van der Waals surface area contributed by atoms with Gasteiger partial charge < -0.3 is 10.3 Å². The van der Waals surface area contributed by atoms with Gasteiger partial charge in [-0.15, -0.1) is 0 Å². The van der Waals surface area contributed by atoms with Crippen molar-refractivity contribution >= 4 is 11.2 Å². The Kier molecular flexibility index (Phi) is 3.39. The Hall–Kier alpha value is -1.42. The van der Waals surface area contributed by atoms with Crippen molar-refractivity contribution in [1.82, 2.24) is 14.5 Å². The highest BCUT2D eigenvalue weighted by Crippen LogP contribution is 2.30. The molecule has 0 aliphatic rings. The van der Waals surface area contributed by atoms with Crippen LogP contribution in [0.3, 0.4) is 0 Å². The summed E-state index contributed by atoms with van der Waals surface area (Å²) in [5.74, 6) is 1.32. The Morgan fingerprint density at radius 1 is 1.39 bits per heavy atom. The van der Waals surface area contributed by atoms with Gasteiger partial charge in [0.2, 0.25) is 0 Å². The molecular formula is C14H22N4. The Morgan fingerprint density at radius 2 is 2.11 bits per heavy atom. The minimum Gasteiger partial charge on any atom is -0.330 e. The summed E-state index contributed by atoms with van der Waals surface area (Å²) in [5.41, 5.74) is 8.05. The number of hydrogen-bond donors (Lipinski definition) is 1. The fraction of sp³-hybridized carbons (Fsp3) is 0.571. The number of aromatic nitrogens is 3. The van der Waals surface area contributed by atoms with Gasteiger partial charge in [0.15, 0.2) is 5.65 Å². The molecule has 0 amide bonds. The highest BCUT2D eigenvalue weighted by Gasteiger charge is 2.23. The van der Waals surface area contributed by atoms with Crippen molar-refractivity contribution in [3.8, 4) is 0 Å². The van der Waals surface area contributed by atoms with Gasteiger partial charge in [0.1, 0.15) is 5.82 Å². The highest BCUT2D eigenvalue weighted by molar-refractivity contribution is 5.71. The average Bonchev–Trinajstić information content (AvgIpc) is 2.63. The summed E-state index contributed by atoms with van der Waals surface area (Å²) < 4.78 is 2.12. The maximum absolute atomic E-state index is 5.93. The minimum absolute atomic E-state index is 0.246. The summed E-state index contributed by atoms with van der Waals surface area (Å²) >= 11 is 0. The van der Waals surface area contributed by atoms with Crippen molar-refractivity contribution < 1.29 is 0 Å². The molecule has 4 nitrogen and oxygen atoms in total. The van der Waals surface area contributed by atoms with Gasteiger partial charge in [-0.3, -0.25) is 0 Å². The number of hydrogen-bond acceptors (Lipinski definition) is 3. The third-order valence-corrected chi connectivity index (χ3v) is 3.20. The first kappa shape index (κ1) is 13.0. The number of pyridine rings is 1. The molecule has 0 aliphatic heterocycles. The number of rotatable bonds is 3. The summed E-state index contributed by atoms with van der Waals surface area (Å²) in [7, 11) is 2.04. The first-order valence-corrected chi connectivity index (χ1v) is 6.40. The molecule has 2 N–H and O–H groups in total. The van der Waals surface area contributed by atoms with Crippen molar-refractivity contribution in [3.05, 3.63) is 24.2 Å². The minimum atomic E-state index is 0.246. The van der Waals surface area contributed by atoms with E-state index in [1.165, 1.54) is 0 Å². The van der Waals surface area contributed by atoms with Crippen LogP contribution in [0.4, 0.5) is 0 Å². The van der Waals surface area contributed by atoms with Gasteiger partial charge in [-0.2, -0.15) is 0 Å². The van der Waals surface area contributed by atoms with Gasteiger partial charge in [0, 0.05) is 25.7 Å². The summed E-state index contributed by atoms with van der Waals surface area (Å²) in [6, 6.07) is 3.98. The lowest BCUT2D eigenvalue weighted by Crippen LogP contribution is -2.22. The monoisotopic (exact) mass is 246 g/mol. The van der Waals surface area contributed by atoms with Crippen molar-refractivity contribution in [3.63, 3.8) is 0 Å². The zero-order valence-corrected chi connectivity index (χ0v) is 11.6. The van der Waals surface area contributed by atoms with Crippen LogP contribution in [-0.2, 0) is 7.05 Å². The fourth-order valence-corrected chi connectivity index (χ4v) is 2.43. The van der Waals surface area contributed by atoms with E-state index in [4.69, 9.17) is 5.73 Å². The average molecular weight is 246 g/mol. The van der Waals surface area contributed by atoms with E-state index in [1.54, 1.807) is 6.20 Å². The van der Waals surface area contributed by atoms with Crippen LogP contribution >= 0.6 is 0 Å². The van der Waals surface area contributed by atoms with Gasteiger partial charge >= 0.3 is 0 Å².